The topological polar surface area (TPSA) is 85.2 Å². The van der Waals surface area contributed by atoms with E-state index in [1.165, 1.54) is 11.8 Å². The number of thioether (sulfide) groups is 1. The van der Waals surface area contributed by atoms with E-state index in [-0.39, 0.29) is 39.5 Å². The zero-order valence-corrected chi connectivity index (χ0v) is 30.9. The van der Waals surface area contributed by atoms with Gasteiger partial charge < -0.3 is 19.8 Å². The van der Waals surface area contributed by atoms with Crippen LogP contribution in [0.15, 0.2) is 36.6 Å². The number of allylic oxidation sites excluding steroid dienone is 1. The summed E-state index contributed by atoms with van der Waals surface area (Å²) >= 11 is 1.47. The predicted octanol–water partition coefficient (Wildman–Crippen LogP) is 9.55. The van der Waals surface area contributed by atoms with Crippen molar-refractivity contribution in [3.8, 4) is 11.5 Å². The lowest BCUT2D eigenvalue weighted by molar-refractivity contribution is -0.258. The molecule has 6 nitrogen and oxygen atoms in total. The molecule has 0 aliphatic rings. The monoisotopic (exact) mass is 642 g/mol. The maximum absolute atomic E-state index is 12.6. The molecule has 252 valence electrons. The van der Waals surface area contributed by atoms with Crippen LogP contribution in [0.5, 0.6) is 11.5 Å². The average Bonchev–Trinajstić information content (AvgIpc) is 2.86. The molecule has 0 amide bonds. The predicted molar refractivity (Wildman–Crippen MR) is 187 cm³/mol. The van der Waals surface area contributed by atoms with E-state index in [0.717, 1.165) is 33.4 Å². The van der Waals surface area contributed by atoms with Crippen LogP contribution in [0.2, 0.25) is 0 Å². The number of phenols is 2. The molecule has 0 aliphatic carbocycles. The van der Waals surface area contributed by atoms with Gasteiger partial charge in [0.1, 0.15) is 29.3 Å². The van der Waals surface area contributed by atoms with Gasteiger partial charge in [-0.25, -0.2) is 0 Å². The van der Waals surface area contributed by atoms with Gasteiger partial charge in [0.2, 0.25) is 0 Å². The van der Waals surface area contributed by atoms with Gasteiger partial charge >= 0.3 is 5.97 Å². The Kier molecular flexibility index (Phi) is 12.7. The summed E-state index contributed by atoms with van der Waals surface area (Å²) in [5, 5.41) is 21.9. The minimum absolute atomic E-state index is 0.215. The summed E-state index contributed by atoms with van der Waals surface area (Å²) in [5.41, 5.74) is 4.38. The van der Waals surface area contributed by atoms with Crippen molar-refractivity contribution in [1.29, 1.82) is 0 Å². The van der Waals surface area contributed by atoms with Crippen molar-refractivity contribution in [2.75, 3.05) is 12.4 Å². The largest absolute Gasteiger partial charge is 0.507 e. The van der Waals surface area contributed by atoms with Crippen LogP contribution < -0.4 is 0 Å². The van der Waals surface area contributed by atoms with Crippen LogP contribution in [0.25, 0.3) is 0 Å². The van der Waals surface area contributed by atoms with Gasteiger partial charge in [0, 0.05) is 18.6 Å². The zero-order chi connectivity index (χ0) is 34.5. The molecule has 2 rings (SSSR count). The summed E-state index contributed by atoms with van der Waals surface area (Å²) in [7, 11) is 0. The summed E-state index contributed by atoms with van der Waals surface area (Å²) in [5.74, 6) is 1.47. The lowest BCUT2D eigenvalue weighted by Crippen LogP contribution is -2.18. The fraction of sp³-hybridized carbons (Fsp3) is 0.605. The van der Waals surface area contributed by atoms with Gasteiger partial charge in [-0.05, 0) is 68.4 Å². The van der Waals surface area contributed by atoms with Gasteiger partial charge in [0.25, 0.3) is 0 Å². The lowest BCUT2D eigenvalue weighted by atomic mass is 9.78. The van der Waals surface area contributed by atoms with Crippen molar-refractivity contribution in [2.24, 2.45) is 0 Å². The Bertz CT molecular complexity index is 1260. The number of hydrogen-bond acceptors (Lipinski definition) is 7. The maximum atomic E-state index is 12.6. The number of ether oxygens (including phenoxy) is 1. The Hall–Kier alpha value is -2.64. The Morgan fingerprint density at radius 3 is 1.56 bits per heavy atom. The molecule has 45 heavy (non-hydrogen) atoms. The van der Waals surface area contributed by atoms with Gasteiger partial charge in [0.05, 0.1) is 0 Å². The molecule has 1 unspecified atom stereocenters. The molecule has 0 saturated heterocycles. The summed E-state index contributed by atoms with van der Waals surface area (Å²) < 4.78 is 5.62. The number of phenolic OH excluding ortho intramolecular Hbond substituents is 2. The third-order valence-electron chi connectivity index (χ3n) is 7.58. The number of aryl methyl sites for hydroxylation is 1. The van der Waals surface area contributed by atoms with Crippen molar-refractivity contribution in [3.63, 3.8) is 0 Å². The molecule has 0 spiro atoms. The SMILES string of the molecule is C=C(Cc1cc(C(C)(C)C)c(O)c(C(C)(C)C)c1)OOCCSC(C)OC(=O)CCc1cc(C(C)(C)C)c(O)c(C(C)(C)C)c1. The number of carbonyl (C=O) groups excluding carboxylic acids is 1. The number of benzene rings is 2. The van der Waals surface area contributed by atoms with E-state index in [0.29, 0.717) is 42.5 Å². The minimum Gasteiger partial charge on any atom is -0.507 e. The summed E-state index contributed by atoms with van der Waals surface area (Å²) in [6.45, 7) is 31.2. The van der Waals surface area contributed by atoms with E-state index in [1.54, 1.807) is 0 Å². The zero-order valence-electron chi connectivity index (χ0n) is 30.1. The molecule has 0 aliphatic heterocycles. The molecule has 0 saturated carbocycles. The highest BCUT2D eigenvalue weighted by Crippen LogP contribution is 2.41. The third-order valence-corrected chi connectivity index (χ3v) is 8.55. The summed E-state index contributed by atoms with van der Waals surface area (Å²) in [6, 6.07) is 8.05. The first-order valence-electron chi connectivity index (χ1n) is 15.9. The van der Waals surface area contributed by atoms with Crippen LogP contribution in [0.4, 0.5) is 0 Å². The number of esters is 1. The number of rotatable bonds is 12. The highest BCUT2D eigenvalue weighted by Gasteiger charge is 2.28. The highest BCUT2D eigenvalue weighted by atomic mass is 32.2. The second-order valence-corrected chi connectivity index (χ2v) is 17.5. The fourth-order valence-electron chi connectivity index (χ4n) is 5.08. The van der Waals surface area contributed by atoms with Crippen molar-refractivity contribution < 1.29 is 29.5 Å². The fourth-order valence-corrected chi connectivity index (χ4v) is 5.75. The first-order valence-corrected chi connectivity index (χ1v) is 17.0. The maximum Gasteiger partial charge on any atom is 0.307 e. The average molecular weight is 643 g/mol. The minimum atomic E-state index is -0.331. The normalized spacial score (nSPS) is 13.4. The Morgan fingerprint density at radius 1 is 0.756 bits per heavy atom. The summed E-state index contributed by atoms with van der Waals surface area (Å²) in [4.78, 5) is 23.5. The molecule has 2 N–H and O–H groups in total. The van der Waals surface area contributed by atoms with Crippen LogP contribution in [-0.2, 0) is 53.8 Å². The molecular weight excluding hydrogens is 584 g/mol. The van der Waals surface area contributed by atoms with E-state index in [9.17, 15) is 15.0 Å². The van der Waals surface area contributed by atoms with E-state index in [2.05, 4.69) is 89.7 Å². The molecule has 0 heterocycles. The van der Waals surface area contributed by atoms with E-state index >= 15 is 0 Å². The molecular formula is C38H58O6S. The van der Waals surface area contributed by atoms with Crippen molar-refractivity contribution in [1.82, 2.24) is 0 Å². The second kappa shape index (κ2) is 14.8. The van der Waals surface area contributed by atoms with Gasteiger partial charge in [-0.1, -0.05) is 114 Å². The number of aromatic hydroxyl groups is 2. The molecule has 2 aromatic carbocycles. The van der Waals surface area contributed by atoms with Crippen LogP contribution in [0.1, 0.15) is 130 Å². The van der Waals surface area contributed by atoms with Crippen molar-refractivity contribution in [2.45, 2.75) is 136 Å². The van der Waals surface area contributed by atoms with Crippen LogP contribution in [0, 0.1) is 0 Å². The van der Waals surface area contributed by atoms with Crippen molar-refractivity contribution >= 4 is 17.7 Å². The van der Waals surface area contributed by atoms with Crippen LogP contribution >= 0.6 is 11.8 Å². The standard InChI is InChI=1S/C38H58O6S/c1-24(19-27-22-30(37(9,10)11)34(41)31(23-27)38(12,13)14)44-42-17-18-45-25(2)43-32(39)16-15-26-20-28(35(3,4)5)33(40)29(21-26)36(6,7)8/h20-23,25,40-41H,1,15-19H2,2-14H3. The molecule has 0 radical (unpaired) electrons. The van der Waals surface area contributed by atoms with Gasteiger partial charge in [-0.3, -0.25) is 4.79 Å². The summed E-state index contributed by atoms with van der Waals surface area (Å²) in [6.07, 6.45) is 1.26. The van der Waals surface area contributed by atoms with Crippen LogP contribution in [-0.4, -0.2) is 34.0 Å². The first-order chi connectivity index (χ1) is 20.4. The lowest BCUT2D eigenvalue weighted by Gasteiger charge is -2.28. The first kappa shape index (κ1) is 38.5. The Balaban J connectivity index is 1.85. The van der Waals surface area contributed by atoms with Crippen LogP contribution in [0.3, 0.4) is 0 Å². The van der Waals surface area contributed by atoms with E-state index in [4.69, 9.17) is 14.5 Å². The van der Waals surface area contributed by atoms with E-state index < -0.39 is 0 Å². The molecule has 2 aromatic rings. The Labute approximate surface area is 276 Å². The molecule has 0 bridgehead atoms. The van der Waals surface area contributed by atoms with Gasteiger partial charge in [-0.15, -0.1) is 11.8 Å². The Morgan fingerprint density at radius 2 is 1.16 bits per heavy atom. The van der Waals surface area contributed by atoms with E-state index in [1.807, 2.05) is 31.2 Å². The van der Waals surface area contributed by atoms with Gasteiger partial charge in [-0.2, -0.15) is 4.89 Å². The number of hydrogen-bond donors (Lipinski definition) is 2. The van der Waals surface area contributed by atoms with Gasteiger partial charge in [0.15, 0.2) is 0 Å². The molecule has 0 aromatic heterocycles. The van der Waals surface area contributed by atoms with Crippen molar-refractivity contribution in [3.05, 3.63) is 70.0 Å². The molecule has 1 atom stereocenters. The molecule has 0 fully saturated rings. The molecule has 7 heteroatoms. The highest BCUT2D eigenvalue weighted by molar-refractivity contribution is 7.99. The second-order valence-electron chi connectivity index (χ2n) is 16.1. The number of carbonyl (C=O) groups is 1. The third kappa shape index (κ3) is 11.6. The quantitative estimate of drug-likeness (QED) is 0.0596. The smallest absolute Gasteiger partial charge is 0.307 e.